The van der Waals surface area contributed by atoms with E-state index in [1.165, 1.54) is 12.1 Å². The minimum absolute atomic E-state index is 0.240. The lowest BCUT2D eigenvalue weighted by Gasteiger charge is -2.22. The van der Waals surface area contributed by atoms with Crippen LogP contribution >= 0.6 is 0 Å². The lowest BCUT2D eigenvalue weighted by molar-refractivity contribution is -0.274. The van der Waals surface area contributed by atoms with Gasteiger partial charge in [-0.3, -0.25) is 0 Å². The highest BCUT2D eigenvalue weighted by Gasteiger charge is 2.31. The quantitative estimate of drug-likeness (QED) is 0.629. The van der Waals surface area contributed by atoms with Gasteiger partial charge in [0.25, 0.3) is 0 Å². The van der Waals surface area contributed by atoms with Gasteiger partial charge in [-0.2, -0.15) is 5.10 Å². The van der Waals surface area contributed by atoms with Crippen molar-refractivity contribution in [3.8, 4) is 11.4 Å². The number of hydrogen-bond acceptors (Lipinski definition) is 3. The van der Waals surface area contributed by atoms with Crippen LogP contribution in [0.15, 0.2) is 30.3 Å². The maximum atomic E-state index is 12.3. The van der Waals surface area contributed by atoms with Gasteiger partial charge in [0.05, 0.1) is 5.69 Å². The molecule has 0 atom stereocenters. The van der Waals surface area contributed by atoms with Crippen LogP contribution in [0.25, 0.3) is 5.69 Å². The van der Waals surface area contributed by atoms with Crippen molar-refractivity contribution >= 4 is 5.82 Å². The average molecular weight is 369 g/mol. The van der Waals surface area contributed by atoms with E-state index in [4.69, 9.17) is 0 Å². The standard InChI is InChI=1S/C19H26F3N3O/c1-5-11-24(12-10-14(2)3)18-13-15(4)25(23-18)16-6-8-17(9-7-16)26-19(20,21)22/h6-9,13-14H,5,10-12H2,1-4H3. The molecule has 0 unspecified atom stereocenters. The van der Waals surface area contributed by atoms with Crippen LogP contribution in [0.3, 0.4) is 0 Å². The van der Waals surface area contributed by atoms with E-state index in [9.17, 15) is 13.2 Å². The van der Waals surface area contributed by atoms with Gasteiger partial charge in [0, 0.05) is 24.8 Å². The molecule has 4 nitrogen and oxygen atoms in total. The summed E-state index contributed by atoms with van der Waals surface area (Å²) in [6, 6.07) is 7.75. The molecule has 0 aliphatic rings. The van der Waals surface area contributed by atoms with Gasteiger partial charge in [-0.05, 0) is 49.9 Å². The van der Waals surface area contributed by atoms with Crippen LogP contribution in [0.2, 0.25) is 0 Å². The summed E-state index contributed by atoms with van der Waals surface area (Å²) in [5.41, 5.74) is 1.62. The van der Waals surface area contributed by atoms with Crippen molar-refractivity contribution in [1.29, 1.82) is 0 Å². The molecule has 1 aromatic carbocycles. The molecule has 0 fully saturated rings. The van der Waals surface area contributed by atoms with E-state index < -0.39 is 6.36 Å². The predicted octanol–water partition coefficient (Wildman–Crippen LogP) is 5.34. The molecule has 26 heavy (non-hydrogen) atoms. The van der Waals surface area contributed by atoms with Gasteiger partial charge in [-0.1, -0.05) is 20.8 Å². The molecule has 7 heteroatoms. The van der Waals surface area contributed by atoms with Crippen LogP contribution < -0.4 is 9.64 Å². The number of nitrogens with zero attached hydrogens (tertiary/aromatic N) is 3. The Balaban J connectivity index is 2.20. The molecule has 2 aromatic rings. The maximum absolute atomic E-state index is 12.3. The van der Waals surface area contributed by atoms with Crippen molar-refractivity contribution in [2.75, 3.05) is 18.0 Å². The topological polar surface area (TPSA) is 30.3 Å². The van der Waals surface area contributed by atoms with Crippen LogP contribution in [-0.4, -0.2) is 29.2 Å². The number of aromatic nitrogens is 2. The van der Waals surface area contributed by atoms with E-state index in [0.29, 0.717) is 11.6 Å². The fourth-order valence-electron chi connectivity index (χ4n) is 2.69. The Morgan fingerprint density at radius 2 is 1.81 bits per heavy atom. The molecule has 0 aliphatic heterocycles. The highest BCUT2D eigenvalue weighted by Crippen LogP contribution is 2.25. The number of hydrogen-bond donors (Lipinski definition) is 0. The number of rotatable bonds is 8. The first kappa shape index (κ1) is 20.1. The van der Waals surface area contributed by atoms with Crippen molar-refractivity contribution in [1.82, 2.24) is 9.78 Å². The van der Waals surface area contributed by atoms with Gasteiger partial charge in [0.2, 0.25) is 0 Å². The monoisotopic (exact) mass is 369 g/mol. The molecule has 0 amide bonds. The molecule has 0 spiro atoms. The summed E-state index contributed by atoms with van der Waals surface area (Å²) in [4.78, 5) is 2.25. The first-order valence-corrected chi connectivity index (χ1v) is 8.87. The summed E-state index contributed by atoms with van der Waals surface area (Å²) in [6.45, 7) is 10.3. The highest BCUT2D eigenvalue weighted by atomic mass is 19.4. The number of benzene rings is 1. The van der Waals surface area contributed by atoms with E-state index >= 15 is 0 Å². The third-order valence-corrected chi connectivity index (χ3v) is 3.98. The first-order chi connectivity index (χ1) is 12.2. The molecule has 0 aliphatic carbocycles. The SMILES string of the molecule is CCCN(CCC(C)C)c1cc(C)n(-c2ccc(OC(F)(F)F)cc2)n1. The van der Waals surface area contributed by atoms with Gasteiger partial charge in [-0.15, -0.1) is 13.2 Å². The molecule has 1 aromatic heterocycles. The van der Waals surface area contributed by atoms with Crippen molar-refractivity contribution in [2.24, 2.45) is 5.92 Å². The zero-order valence-electron chi connectivity index (χ0n) is 15.7. The Morgan fingerprint density at radius 1 is 1.15 bits per heavy atom. The van der Waals surface area contributed by atoms with Crippen LogP contribution in [0, 0.1) is 12.8 Å². The van der Waals surface area contributed by atoms with Crippen molar-refractivity contribution in [2.45, 2.75) is 46.9 Å². The number of alkyl halides is 3. The van der Waals surface area contributed by atoms with E-state index in [-0.39, 0.29) is 5.75 Å². The first-order valence-electron chi connectivity index (χ1n) is 8.87. The lowest BCUT2D eigenvalue weighted by Crippen LogP contribution is -2.26. The Kier molecular flexibility index (Phi) is 6.56. The molecule has 1 heterocycles. The second-order valence-electron chi connectivity index (χ2n) is 6.77. The number of anilines is 1. The van der Waals surface area contributed by atoms with E-state index in [2.05, 4.69) is 35.5 Å². The predicted molar refractivity (Wildman–Crippen MR) is 96.9 cm³/mol. The summed E-state index contributed by atoms with van der Waals surface area (Å²) in [5.74, 6) is 1.26. The molecule has 0 radical (unpaired) electrons. The zero-order chi connectivity index (χ0) is 19.3. The van der Waals surface area contributed by atoms with Crippen LogP contribution in [0.1, 0.15) is 39.3 Å². The lowest BCUT2D eigenvalue weighted by atomic mass is 10.1. The van der Waals surface area contributed by atoms with Gasteiger partial charge < -0.3 is 9.64 Å². The van der Waals surface area contributed by atoms with Gasteiger partial charge in [-0.25, -0.2) is 4.68 Å². The second-order valence-corrected chi connectivity index (χ2v) is 6.77. The smallest absolute Gasteiger partial charge is 0.406 e. The maximum Gasteiger partial charge on any atom is 0.573 e. The second kappa shape index (κ2) is 8.47. The number of aryl methyl sites for hydroxylation is 1. The Morgan fingerprint density at radius 3 is 2.35 bits per heavy atom. The van der Waals surface area contributed by atoms with Gasteiger partial charge >= 0.3 is 6.36 Å². The Labute approximate surface area is 152 Å². The summed E-state index contributed by atoms with van der Waals surface area (Å²) >= 11 is 0. The molecule has 0 bridgehead atoms. The van der Waals surface area contributed by atoms with E-state index in [1.54, 1.807) is 16.8 Å². The molecular weight excluding hydrogens is 343 g/mol. The Hall–Kier alpha value is -2.18. The van der Waals surface area contributed by atoms with Crippen LogP contribution in [0.4, 0.5) is 19.0 Å². The molecule has 144 valence electrons. The minimum atomic E-state index is -4.69. The summed E-state index contributed by atoms with van der Waals surface area (Å²) in [6.07, 6.45) is -2.59. The summed E-state index contributed by atoms with van der Waals surface area (Å²) < 4.78 is 42.5. The Bertz CT molecular complexity index is 693. The van der Waals surface area contributed by atoms with Crippen molar-refractivity contribution < 1.29 is 17.9 Å². The normalized spacial score (nSPS) is 11.8. The third-order valence-electron chi connectivity index (χ3n) is 3.98. The molecular formula is C19H26F3N3O. The molecule has 0 N–H and O–H groups in total. The van der Waals surface area contributed by atoms with E-state index in [0.717, 1.165) is 37.4 Å². The number of ether oxygens (including phenoxy) is 1. The number of halogens is 3. The van der Waals surface area contributed by atoms with Gasteiger partial charge in [0.15, 0.2) is 5.82 Å². The minimum Gasteiger partial charge on any atom is -0.406 e. The van der Waals surface area contributed by atoms with Gasteiger partial charge in [0.1, 0.15) is 5.75 Å². The van der Waals surface area contributed by atoms with Crippen LogP contribution in [-0.2, 0) is 0 Å². The fraction of sp³-hybridized carbons (Fsp3) is 0.526. The highest BCUT2D eigenvalue weighted by molar-refractivity contribution is 5.45. The fourth-order valence-corrected chi connectivity index (χ4v) is 2.69. The zero-order valence-corrected chi connectivity index (χ0v) is 15.7. The average Bonchev–Trinajstić information content (AvgIpc) is 2.92. The summed E-state index contributed by atoms with van der Waals surface area (Å²) in [7, 11) is 0. The largest absolute Gasteiger partial charge is 0.573 e. The third kappa shape index (κ3) is 5.68. The van der Waals surface area contributed by atoms with Crippen molar-refractivity contribution in [3.05, 3.63) is 36.0 Å². The molecule has 2 rings (SSSR count). The summed E-state index contributed by atoms with van der Waals surface area (Å²) in [5, 5.41) is 4.66. The molecule has 0 saturated heterocycles. The van der Waals surface area contributed by atoms with E-state index in [1.807, 2.05) is 13.0 Å². The molecule has 0 saturated carbocycles. The van der Waals surface area contributed by atoms with Crippen LogP contribution in [0.5, 0.6) is 5.75 Å². The van der Waals surface area contributed by atoms with Crippen molar-refractivity contribution in [3.63, 3.8) is 0 Å².